The summed E-state index contributed by atoms with van der Waals surface area (Å²) in [5.74, 6) is -2.48. The van der Waals surface area contributed by atoms with Crippen LogP contribution < -0.4 is 0 Å². The van der Waals surface area contributed by atoms with Crippen LogP contribution in [-0.2, 0) is 4.74 Å². The van der Waals surface area contributed by atoms with Crippen LogP contribution in [0.15, 0.2) is 18.5 Å². The van der Waals surface area contributed by atoms with Crippen molar-refractivity contribution >= 4 is 11.5 Å². The maximum atomic E-state index is 13.2. The Morgan fingerprint density at radius 3 is 2.93 bits per heavy atom. The van der Waals surface area contributed by atoms with Crippen LogP contribution in [0.1, 0.15) is 10.6 Å². The van der Waals surface area contributed by atoms with Crippen molar-refractivity contribution in [3.63, 3.8) is 0 Å². The minimum atomic E-state index is -0.789. The van der Waals surface area contributed by atoms with E-state index in [0.717, 1.165) is 22.9 Å². The number of imidazole rings is 1. The van der Waals surface area contributed by atoms with E-state index in [4.69, 9.17) is 0 Å². The summed E-state index contributed by atoms with van der Waals surface area (Å²) in [6, 6.07) is 0.720. The Balaban J connectivity index is 2.74. The summed E-state index contributed by atoms with van der Waals surface area (Å²) in [5, 5.41) is 0. The number of pyridine rings is 1. The van der Waals surface area contributed by atoms with Gasteiger partial charge in [0.15, 0.2) is 5.82 Å². The first-order chi connectivity index (χ1) is 7.13. The van der Waals surface area contributed by atoms with Crippen LogP contribution in [0.5, 0.6) is 0 Å². The largest absolute Gasteiger partial charge is 0.463 e. The molecule has 2 aromatic heterocycles. The molecule has 6 heteroatoms. The SMILES string of the molecule is COC(=O)c1ncc2c(F)cc(F)cn12. The summed E-state index contributed by atoms with van der Waals surface area (Å²) in [6.45, 7) is 0. The standard InChI is InChI=1S/C9H6F2N2O2/c1-15-9(14)8-12-3-7-6(11)2-5(10)4-13(7)8/h2-4H,1H3. The second kappa shape index (κ2) is 3.30. The van der Waals surface area contributed by atoms with E-state index in [1.807, 2.05) is 0 Å². The van der Waals surface area contributed by atoms with Crippen LogP contribution in [0.2, 0.25) is 0 Å². The number of carbonyl (C=O) groups excluding carboxylic acids is 1. The van der Waals surface area contributed by atoms with E-state index in [1.165, 1.54) is 7.11 Å². The summed E-state index contributed by atoms with van der Waals surface area (Å²) >= 11 is 0. The Kier molecular flexibility index (Phi) is 2.11. The molecule has 0 aliphatic heterocycles. The van der Waals surface area contributed by atoms with Crippen LogP contribution >= 0.6 is 0 Å². The van der Waals surface area contributed by atoms with Gasteiger partial charge in [-0.25, -0.2) is 18.6 Å². The van der Waals surface area contributed by atoms with Gasteiger partial charge in [-0.15, -0.1) is 0 Å². The highest BCUT2D eigenvalue weighted by Gasteiger charge is 2.15. The number of esters is 1. The molecule has 0 unspecified atom stereocenters. The predicted octanol–water partition coefficient (Wildman–Crippen LogP) is 1.40. The van der Waals surface area contributed by atoms with Crippen molar-refractivity contribution in [3.8, 4) is 0 Å². The van der Waals surface area contributed by atoms with Gasteiger partial charge >= 0.3 is 5.97 Å². The second-order valence-electron chi connectivity index (χ2n) is 2.83. The average Bonchev–Trinajstić information content (AvgIpc) is 2.60. The van der Waals surface area contributed by atoms with Gasteiger partial charge in [0.05, 0.1) is 13.3 Å². The third-order valence-electron chi connectivity index (χ3n) is 1.93. The first-order valence-corrected chi connectivity index (χ1v) is 4.04. The molecule has 0 bridgehead atoms. The molecule has 15 heavy (non-hydrogen) atoms. The summed E-state index contributed by atoms with van der Waals surface area (Å²) in [5.41, 5.74) is 0.0248. The van der Waals surface area contributed by atoms with Gasteiger partial charge in [-0.05, 0) is 0 Å². The fourth-order valence-corrected chi connectivity index (χ4v) is 1.27. The van der Waals surface area contributed by atoms with Crippen molar-refractivity contribution in [2.45, 2.75) is 0 Å². The summed E-state index contributed by atoms with van der Waals surface area (Å²) < 4.78 is 31.5. The number of rotatable bonds is 1. The molecule has 2 heterocycles. The van der Waals surface area contributed by atoms with Crippen molar-refractivity contribution in [3.05, 3.63) is 35.9 Å². The summed E-state index contributed by atoms with van der Waals surface area (Å²) in [7, 11) is 1.17. The zero-order valence-corrected chi connectivity index (χ0v) is 7.70. The Labute approximate surface area is 83.1 Å². The van der Waals surface area contributed by atoms with Crippen LogP contribution in [0, 0.1) is 11.6 Å². The van der Waals surface area contributed by atoms with E-state index in [9.17, 15) is 13.6 Å². The molecular weight excluding hydrogens is 206 g/mol. The van der Waals surface area contributed by atoms with Crippen LogP contribution in [-0.4, -0.2) is 22.5 Å². The lowest BCUT2D eigenvalue weighted by Crippen LogP contribution is -2.07. The first-order valence-electron chi connectivity index (χ1n) is 4.04. The molecule has 0 aliphatic rings. The molecule has 0 radical (unpaired) electrons. The highest BCUT2D eigenvalue weighted by Crippen LogP contribution is 2.13. The molecule has 4 nitrogen and oxygen atoms in total. The number of halogens is 2. The molecule has 0 aromatic carbocycles. The van der Waals surface area contributed by atoms with Gasteiger partial charge in [0.2, 0.25) is 5.82 Å². The van der Waals surface area contributed by atoms with Crippen LogP contribution in [0.3, 0.4) is 0 Å². The topological polar surface area (TPSA) is 43.6 Å². The van der Waals surface area contributed by atoms with Crippen molar-refractivity contribution in [2.24, 2.45) is 0 Å². The van der Waals surface area contributed by atoms with Crippen molar-refractivity contribution in [2.75, 3.05) is 7.11 Å². The fourth-order valence-electron chi connectivity index (χ4n) is 1.27. The monoisotopic (exact) mass is 212 g/mol. The van der Waals surface area contributed by atoms with Crippen molar-refractivity contribution in [1.82, 2.24) is 9.38 Å². The lowest BCUT2D eigenvalue weighted by molar-refractivity contribution is 0.0586. The Bertz CT molecular complexity index is 536. The zero-order chi connectivity index (χ0) is 11.0. The zero-order valence-electron chi connectivity index (χ0n) is 7.70. The molecule has 2 rings (SSSR count). The van der Waals surface area contributed by atoms with Gasteiger partial charge in [-0.3, -0.25) is 4.40 Å². The molecule has 0 aliphatic carbocycles. The van der Waals surface area contributed by atoms with Gasteiger partial charge in [0, 0.05) is 12.3 Å². The number of hydrogen-bond acceptors (Lipinski definition) is 3. The first kappa shape index (κ1) is 9.57. The number of nitrogens with zero attached hydrogens (tertiary/aromatic N) is 2. The maximum Gasteiger partial charge on any atom is 0.374 e. The molecule has 0 N–H and O–H groups in total. The van der Waals surface area contributed by atoms with E-state index in [-0.39, 0.29) is 11.3 Å². The number of methoxy groups -OCH3 is 1. The highest BCUT2D eigenvalue weighted by molar-refractivity contribution is 5.86. The van der Waals surface area contributed by atoms with Gasteiger partial charge in [0.25, 0.3) is 0 Å². The number of hydrogen-bond donors (Lipinski definition) is 0. The van der Waals surface area contributed by atoms with E-state index in [0.29, 0.717) is 0 Å². The highest BCUT2D eigenvalue weighted by atomic mass is 19.1. The van der Waals surface area contributed by atoms with Gasteiger partial charge in [-0.1, -0.05) is 0 Å². The lowest BCUT2D eigenvalue weighted by atomic mass is 10.4. The number of fused-ring (bicyclic) bond motifs is 1. The average molecular weight is 212 g/mol. The predicted molar refractivity (Wildman–Crippen MR) is 46.4 cm³/mol. The van der Waals surface area contributed by atoms with E-state index < -0.39 is 17.6 Å². The molecule has 78 valence electrons. The fraction of sp³-hybridized carbons (Fsp3) is 0.111. The molecule has 0 amide bonds. The van der Waals surface area contributed by atoms with E-state index in [1.54, 1.807) is 0 Å². The minimum absolute atomic E-state index is 0.0248. The minimum Gasteiger partial charge on any atom is -0.463 e. The summed E-state index contributed by atoms with van der Waals surface area (Å²) in [6.07, 6.45) is 2.11. The van der Waals surface area contributed by atoms with Gasteiger partial charge in [-0.2, -0.15) is 0 Å². The molecular formula is C9H6F2N2O2. The van der Waals surface area contributed by atoms with Gasteiger partial charge in [0.1, 0.15) is 11.3 Å². The Morgan fingerprint density at radius 1 is 1.53 bits per heavy atom. The molecule has 0 atom stereocenters. The molecule has 0 saturated carbocycles. The number of ether oxygens (including phenoxy) is 1. The molecule has 2 aromatic rings. The van der Waals surface area contributed by atoms with Gasteiger partial charge < -0.3 is 4.74 Å². The van der Waals surface area contributed by atoms with Crippen molar-refractivity contribution in [1.29, 1.82) is 0 Å². The van der Waals surface area contributed by atoms with Crippen molar-refractivity contribution < 1.29 is 18.3 Å². The van der Waals surface area contributed by atoms with E-state index >= 15 is 0 Å². The van der Waals surface area contributed by atoms with Crippen LogP contribution in [0.25, 0.3) is 5.52 Å². The lowest BCUT2D eigenvalue weighted by Gasteiger charge is -2.00. The molecule has 0 saturated heterocycles. The summed E-state index contributed by atoms with van der Waals surface area (Å²) in [4.78, 5) is 14.8. The smallest absolute Gasteiger partial charge is 0.374 e. The number of carbonyl (C=O) groups is 1. The second-order valence-corrected chi connectivity index (χ2v) is 2.83. The normalized spacial score (nSPS) is 10.6. The third-order valence-corrected chi connectivity index (χ3v) is 1.93. The quantitative estimate of drug-likeness (QED) is 0.671. The number of aromatic nitrogens is 2. The van der Waals surface area contributed by atoms with Crippen LogP contribution in [0.4, 0.5) is 8.78 Å². The molecule has 0 fully saturated rings. The molecule has 0 spiro atoms. The Morgan fingerprint density at radius 2 is 2.27 bits per heavy atom. The Hall–Kier alpha value is -1.98. The van der Waals surface area contributed by atoms with E-state index in [2.05, 4.69) is 9.72 Å². The maximum absolute atomic E-state index is 13.2. The third kappa shape index (κ3) is 1.43.